The maximum atomic E-state index is 12.4. The Labute approximate surface area is 155 Å². The van der Waals surface area contributed by atoms with Crippen LogP contribution in [0.1, 0.15) is 0 Å². The minimum Gasteiger partial charge on any atom is -0.378 e. The average Bonchev–Trinajstić information content (AvgIpc) is 2.71. The summed E-state index contributed by atoms with van der Waals surface area (Å²) in [5.41, 5.74) is 1.36. The molecule has 0 unspecified atom stereocenters. The van der Waals surface area contributed by atoms with Gasteiger partial charge in [-0.05, 0) is 24.3 Å². The number of aromatic nitrogens is 3. The molecule has 27 heavy (non-hydrogen) atoms. The van der Waals surface area contributed by atoms with Crippen molar-refractivity contribution < 1.29 is 9.53 Å². The molecule has 0 bridgehead atoms. The van der Waals surface area contributed by atoms with Gasteiger partial charge in [-0.3, -0.25) is 14.2 Å². The maximum Gasteiger partial charge on any atom is 0.261 e. The van der Waals surface area contributed by atoms with Gasteiger partial charge in [-0.1, -0.05) is 12.1 Å². The first-order valence-corrected chi connectivity index (χ1v) is 8.73. The van der Waals surface area contributed by atoms with E-state index in [9.17, 15) is 9.59 Å². The number of benzene rings is 1. The Morgan fingerprint density at radius 1 is 1.11 bits per heavy atom. The van der Waals surface area contributed by atoms with Gasteiger partial charge in [0.2, 0.25) is 5.91 Å². The summed E-state index contributed by atoms with van der Waals surface area (Å²) in [6, 6.07) is 10.7. The van der Waals surface area contributed by atoms with E-state index in [2.05, 4.69) is 20.2 Å². The quantitative estimate of drug-likeness (QED) is 0.749. The Hall–Kier alpha value is -3.26. The lowest BCUT2D eigenvalue weighted by Gasteiger charge is -2.28. The van der Waals surface area contributed by atoms with E-state index in [1.54, 1.807) is 30.5 Å². The second-order valence-corrected chi connectivity index (χ2v) is 6.24. The Kier molecular flexibility index (Phi) is 4.80. The first kappa shape index (κ1) is 17.2. The molecule has 0 radical (unpaired) electrons. The Morgan fingerprint density at radius 2 is 1.93 bits per heavy atom. The predicted octanol–water partition coefficient (Wildman–Crippen LogP) is 1.27. The normalized spacial score (nSPS) is 14.3. The lowest BCUT2D eigenvalue weighted by atomic mass is 10.2. The van der Waals surface area contributed by atoms with E-state index in [-0.39, 0.29) is 18.0 Å². The molecule has 1 saturated heterocycles. The number of hydrogen-bond acceptors (Lipinski definition) is 6. The monoisotopic (exact) mass is 365 g/mol. The predicted molar refractivity (Wildman–Crippen MR) is 102 cm³/mol. The van der Waals surface area contributed by atoms with Crippen LogP contribution >= 0.6 is 0 Å². The molecule has 3 heterocycles. The van der Waals surface area contributed by atoms with Gasteiger partial charge in [-0.2, -0.15) is 0 Å². The highest BCUT2D eigenvalue weighted by Gasteiger charge is 2.12. The summed E-state index contributed by atoms with van der Waals surface area (Å²) in [6.07, 6.45) is 3.11. The minimum atomic E-state index is -0.333. The molecule has 4 rings (SSSR count). The van der Waals surface area contributed by atoms with E-state index in [0.717, 1.165) is 18.8 Å². The van der Waals surface area contributed by atoms with Crippen molar-refractivity contribution in [2.75, 3.05) is 36.5 Å². The first-order valence-electron chi connectivity index (χ1n) is 8.73. The van der Waals surface area contributed by atoms with Crippen molar-refractivity contribution in [3.63, 3.8) is 0 Å². The fraction of sp³-hybridized carbons (Fsp3) is 0.263. The fourth-order valence-corrected chi connectivity index (χ4v) is 3.02. The molecular weight excluding hydrogens is 346 g/mol. The topological polar surface area (TPSA) is 89.4 Å². The van der Waals surface area contributed by atoms with Crippen LogP contribution in [-0.2, 0) is 16.1 Å². The Bertz CT molecular complexity index is 1010. The van der Waals surface area contributed by atoms with Gasteiger partial charge in [0.25, 0.3) is 5.56 Å². The molecule has 0 spiro atoms. The van der Waals surface area contributed by atoms with Gasteiger partial charge in [0, 0.05) is 13.1 Å². The summed E-state index contributed by atoms with van der Waals surface area (Å²) in [5, 5.41) is 3.20. The van der Waals surface area contributed by atoms with Crippen LogP contribution in [0.15, 0.2) is 53.7 Å². The molecule has 8 heteroatoms. The number of amides is 1. The van der Waals surface area contributed by atoms with Crippen molar-refractivity contribution in [1.82, 2.24) is 14.5 Å². The molecule has 0 aliphatic carbocycles. The maximum absolute atomic E-state index is 12.4. The van der Waals surface area contributed by atoms with E-state index < -0.39 is 0 Å². The largest absolute Gasteiger partial charge is 0.378 e. The number of fused-ring (bicyclic) bond motifs is 1. The third-order valence-corrected chi connectivity index (χ3v) is 4.44. The Balaban J connectivity index is 1.43. The standard InChI is InChI=1S/C19H19N5O3/c25-18(12-24-13-21-16-4-2-1-3-15(16)19(24)26)22-17-6-5-14(11-20-17)23-7-9-27-10-8-23/h1-6,11,13H,7-10,12H2,(H,20,22,25). The van der Waals surface area contributed by atoms with Crippen molar-refractivity contribution in [3.8, 4) is 0 Å². The van der Waals surface area contributed by atoms with Gasteiger partial charge in [0.1, 0.15) is 12.4 Å². The van der Waals surface area contributed by atoms with Gasteiger partial charge in [0.15, 0.2) is 0 Å². The third kappa shape index (κ3) is 3.80. The van der Waals surface area contributed by atoms with Crippen LogP contribution in [-0.4, -0.2) is 46.7 Å². The van der Waals surface area contributed by atoms with Gasteiger partial charge < -0.3 is 15.0 Å². The minimum absolute atomic E-state index is 0.121. The van der Waals surface area contributed by atoms with Crippen LogP contribution in [0.3, 0.4) is 0 Å². The van der Waals surface area contributed by atoms with Crippen molar-refractivity contribution >= 4 is 28.3 Å². The number of nitrogens with one attached hydrogen (secondary N) is 1. The smallest absolute Gasteiger partial charge is 0.261 e. The SMILES string of the molecule is O=C(Cn1cnc2ccccc2c1=O)Nc1ccc(N2CCOCC2)cn1. The van der Waals surface area contributed by atoms with Crippen molar-refractivity contribution in [1.29, 1.82) is 0 Å². The molecule has 3 aromatic rings. The summed E-state index contributed by atoms with van der Waals surface area (Å²) in [5.74, 6) is 0.111. The van der Waals surface area contributed by atoms with Crippen LogP contribution in [0.4, 0.5) is 11.5 Å². The summed E-state index contributed by atoms with van der Waals surface area (Å²) >= 11 is 0. The highest BCUT2D eigenvalue weighted by molar-refractivity contribution is 5.90. The number of ether oxygens (including phenoxy) is 1. The van der Waals surface area contributed by atoms with Crippen molar-refractivity contribution in [2.24, 2.45) is 0 Å². The van der Waals surface area contributed by atoms with Crippen molar-refractivity contribution in [3.05, 3.63) is 59.3 Å². The second kappa shape index (κ2) is 7.55. The summed E-state index contributed by atoms with van der Waals surface area (Å²) in [4.78, 5) is 35.4. The van der Waals surface area contributed by atoms with E-state index in [4.69, 9.17) is 4.74 Å². The molecule has 1 aliphatic rings. The zero-order valence-electron chi connectivity index (χ0n) is 14.7. The number of para-hydroxylation sites is 1. The van der Waals surface area contributed by atoms with E-state index in [1.807, 2.05) is 12.1 Å². The van der Waals surface area contributed by atoms with Crippen LogP contribution in [0.5, 0.6) is 0 Å². The van der Waals surface area contributed by atoms with Crippen LogP contribution in [0, 0.1) is 0 Å². The number of carbonyl (C=O) groups excluding carboxylic acids is 1. The van der Waals surface area contributed by atoms with E-state index in [1.165, 1.54) is 10.9 Å². The van der Waals surface area contributed by atoms with Gasteiger partial charge in [0.05, 0.1) is 42.3 Å². The van der Waals surface area contributed by atoms with Crippen LogP contribution in [0.25, 0.3) is 10.9 Å². The molecule has 0 atom stereocenters. The summed E-state index contributed by atoms with van der Waals surface area (Å²) in [7, 11) is 0. The van der Waals surface area contributed by atoms with Crippen LogP contribution < -0.4 is 15.8 Å². The van der Waals surface area contributed by atoms with Gasteiger partial charge in [-0.15, -0.1) is 0 Å². The number of pyridine rings is 1. The number of anilines is 2. The van der Waals surface area contributed by atoms with Gasteiger partial charge >= 0.3 is 0 Å². The molecule has 1 aliphatic heterocycles. The highest BCUT2D eigenvalue weighted by Crippen LogP contribution is 2.16. The van der Waals surface area contributed by atoms with Crippen molar-refractivity contribution in [2.45, 2.75) is 6.54 Å². The molecule has 0 saturated carbocycles. The van der Waals surface area contributed by atoms with Gasteiger partial charge in [-0.25, -0.2) is 9.97 Å². The molecule has 8 nitrogen and oxygen atoms in total. The molecule has 1 fully saturated rings. The number of rotatable bonds is 4. The third-order valence-electron chi connectivity index (χ3n) is 4.44. The van der Waals surface area contributed by atoms with E-state index >= 15 is 0 Å². The molecule has 1 aromatic carbocycles. The number of morpholine rings is 1. The molecule has 1 amide bonds. The Morgan fingerprint density at radius 3 is 2.70 bits per heavy atom. The zero-order chi connectivity index (χ0) is 18.6. The summed E-state index contributed by atoms with van der Waals surface area (Å²) < 4.78 is 6.63. The summed E-state index contributed by atoms with van der Waals surface area (Å²) in [6.45, 7) is 2.93. The number of nitrogens with zero attached hydrogens (tertiary/aromatic N) is 4. The number of carbonyl (C=O) groups is 1. The average molecular weight is 365 g/mol. The zero-order valence-corrected chi connectivity index (χ0v) is 14.7. The lowest BCUT2D eigenvalue weighted by molar-refractivity contribution is -0.116. The van der Waals surface area contributed by atoms with Crippen LogP contribution in [0.2, 0.25) is 0 Å². The second-order valence-electron chi connectivity index (χ2n) is 6.24. The molecule has 2 aromatic heterocycles. The van der Waals surface area contributed by atoms with E-state index in [0.29, 0.717) is 29.9 Å². The lowest BCUT2D eigenvalue weighted by Crippen LogP contribution is -2.36. The molecular formula is C19H19N5O3. The first-order chi connectivity index (χ1) is 13.2. The highest BCUT2D eigenvalue weighted by atomic mass is 16.5. The molecule has 1 N–H and O–H groups in total. The number of hydrogen-bond donors (Lipinski definition) is 1. The fourth-order valence-electron chi connectivity index (χ4n) is 3.02. The molecule has 138 valence electrons.